The molecule has 0 radical (unpaired) electrons. The molecular formula is C15H20N6O2. The minimum absolute atomic E-state index is 0.0208. The van der Waals surface area contributed by atoms with Crippen molar-refractivity contribution >= 4 is 17.4 Å². The van der Waals surface area contributed by atoms with Gasteiger partial charge in [0, 0.05) is 26.2 Å². The largest absolute Gasteiger partial charge is 0.465 e. The molecule has 2 aliphatic rings. The molecule has 0 amide bonds. The lowest BCUT2D eigenvalue weighted by Gasteiger charge is -2.35. The first-order valence-electron chi connectivity index (χ1n) is 8.09. The normalized spacial score (nSPS) is 22.7. The molecular weight excluding hydrogens is 296 g/mol. The Morgan fingerprint density at radius 2 is 2.09 bits per heavy atom. The number of carbonyl (C=O) groups excluding carboxylic acids is 1. The fraction of sp³-hybridized carbons (Fsp3) is 0.600. The third-order valence-electron chi connectivity index (χ3n) is 4.71. The zero-order chi connectivity index (χ0) is 15.6. The minimum atomic E-state index is -0.0208. The summed E-state index contributed by atoms with van der Waals surface area (Å²) >= 11 is 0. The van der Waals surface area contributed by atoms with E-state index in [9.17, 15) is 4.79 Å². The van der Waals surface area contributed by atoms with Crippen molar-refractivity contribution in [2.75, 3.05) is 44.2 Å². The third-order valence-corrected chi connectivity index (χ3v) is 4.71. The molecule has 0 aromatic carbocycles. The molecule has 8 nitrogen and oxygen atoms in total. The van der Waals surface area contributed by atoms with Gasteiger partial charge in [-0.15, -0.1) is 0 Å². The fourth-order valence-corrected chi connectivity index (χ4v) is 3.29. The molecule has 2 saturated heterocycles. The Bertz CT molecular complexity index is 694. The topological polar surface area (TPSA) is 75.9 Å². The van der Waals surface area contributed by atoms with Gasteiger partial charge in [0.25, 0.3) is 0 Å². The average Bonchev–Trinajstić information content (AvgIpc) is 3.22. The number of ether oxygens (including phenoxy) is 1. The van der Waals surface area contributed by atoms with Crippen LogP contribution in [0.1, 0.15) is 12.8 Å². The maximum atomic E-state index is 11.5. The number of nitrogens with zero attached hydrogens (tertiary/aromatic N) is 6. The van der Waals surface area contributed by atoms with Crippen LogP contribution < -0.4 is 4.90 Å². The summed E-state index contributed by atoms with van der Waals surface area (Å²) in [7, 11) is 0. The Labute approximate surface area is 134 Å². The van der Waals surface area contributed by atoms with Crippen LogP contribution in [0, 0.1) is 5.92 Å². The van der Waals surface area contributed by atoms with E-state index in [-0.39, 0.29) is 11.9 Å². The molecule has 1 unspecified atom stereocenters. The van der Waals surface area contributed by atoms with Crippen LogP contribution in [0.15, 0.2) is 18.7 Å². The summed E-state index contributed by atoms with van der Waals surface area (Å²) in [6, 6.07) is 0. The second kappa shape index (κ2) is 6.11. The first-order valence-corrected chi connectivity index (χ1v) is 8.09. The standard InChI is InChI=1S/C15H20N6O2/c22-15-12(2-8-23-15)1-3-19-4-6-20(7-5-19)14-10-16-9-13-17-11-18-21(13)14/h9-12H,1-8H2. The van der Waals surface area contributed by atoms with Crippen molar-refractivity contribution < 1.29 is 9.53 Å². The van der Waals surface area contributed by atoms with E-state index in [0.29, 0.717) is 6.61 Å². The summed E-state index contributed by atoms with van der Waals surface area (Å²) < 4.78 is 6.86. The van der Waals surface area contributed by atoms with Gasteiger partial charge in [-0.2, -0.15) is 9.61 Å². The Balaban J connectivity index is 1.34. The van der Waals surface area contributed by atoms with E-state index >= 15 is 0 Å². The second-order valence-electron chi connectivity index (χ2n) is 6.07. The predicted octanol–water partition coefficient (Wildman–Crippen LogP) is 0.200. The minimum Gasteiger partial charge on any atom is -0.465 e. The molecule has 2 aromatic heterocycles. The van der Waals surface area contributed by atoms with Crippen LogP contribution in [-0.4, -0.2) is 69.8 Å². The first kappa shape index (κ1) is 14.4. The Hall–Kier alpha value is -2.22. The van der Waals surface area contributed by atoms with E-state index in [1.54, 1.807) is 12.5 Å². The van der Waals surface area contributed by atoms with Crippen LogP contribution in [0.25, 0.3) is 5.65 Å². The van der Waals surface area contributed by atoms with Crippen molar-refractivity contribution in [3.8, 4) is 0 Å². The van der Waals surface area contributed by atoms with Crippen LogP contribution in [0.4, 0.5) is 5.82 Å². The molecule has 0 bridgehead atoms. The van der Waals surface area contributed by atoms with E-state index in [0.717, 1.165) is 57.0 Å². The quantitative estimate of drug-likeness (QED) is 0.746. The number of rotatable bonds is 4. The summed E-state index contributed by atoms with van der Waals surface area (Å²) in [5, 5.41) is 4.27. The molecule has 0 N–H and O–H groups in total. The van der Waals surface area contributed by atoms with Crippen LogP contribution in [-0.2, 0) is 9.53 Å². The van der Waals surface area contributed by atoms with Crippen molar-refractivity contribution in [2.45, 2.75) is 12.8 Å². The summed E-state index contributed by atoms with van der Waals surface area (Å²) in [5.74, 6) is 1.06. The third kappa shape index (κ3) is 2.86. The number of piperazine rings is 1. The van der Waals surface area contributed by atoms with Gasteiger partial charge < -0.3 is 9.64 Å². The summed E-state index contributed by atoms with van der Waals surface area (Å²) in [5.41, 5.74) is 0.768. The van der Waals surface area contributed by atoms with Crippen molar-refractivity contribution in [1.82, 2.24) is 24.5 Å². The molecule has 0 spiro atoms. The van der Waals surface area contributed by atoms with Gasteiger partial charge in [0.15, 0.2) is 11.5 Å². The van der Waals surface area contributed by atoms with E-state index in [2.05, 4.69) is 24.9 Å². The Morgan fingerprint density at radius 3 is 2.87 bits per heavy atom. The van der Waals surface area contributed by atoms with Gasteiger partial charge in [-0.1, -0.05) is 0 Å². The van der Waals surface area contributed by atoms with E-state index in [4.69, 9.17) is 4.74 Å². The predicted molar refractivity (Wildman–Crippen MR) is 83.1 cm³/mol. The molecule has 2 aliphatic heterocycles. The summed E-state index contributed by atoms with van der Waals surface area (Å²) in [4.78, 5) is 24.6. The van der Waals surface area contributed by atoms with Crippen molar-refractivity contribution in [3.05, 3.63) is 18.7 Å². The highest BCUT2D eigenvalue weighted by atomic mass is 16.5. The van der Waals surface area contributed by atoms with Gasteiger partial charge in [-0.05, 0) is 19.4 Å². The van der Waals surface area contributed by atoms with Crippen molar-refractivity contribution in [2.24, 2.45) is 5.92 Å². The zero-order valence-electron chi connectivity index (χ0n) is 13.0. The smallest absolute Gasteiger partial charge is 0.309 e. The van der Waals surface area contributed by atoms with Crippen molar-refractivity contribution in [1.29, 1.82) is 0 Å². The number of esters is 1. The number of hydrogen-bond donors (Lipinski definition) is 0. The molecule has 1 atom stereocenters. The molecule has 4 rings (SSSR count). The lowest BCUT2D eigenvalue weighted by atomic mass is 10.0. The van der Waals surface area contributed by atoms with E-state index in [1.165, 1.54) is 0 Å². The van der Waals surface area contributed by atoms with Gasteiger partial charge in [-0.25, -0.2) is 4.98 Å². The SMILES string of the molecule is O=C1OCCC1CCN1CCN(c2cncc3ncnn23)CC1. The van der Waals surface area contributed by atoms with Crippen LogP contribution in [0.5, 0.6) is 0 Å². The van der Waals surface area contributed by atoms with Crippen LogP contribution in [0.3, 0.4) is 0 Å². The number of fused-ring (bicyclic) bond motifs is 1. The summed E-state index contributed by atoms with van der Waals surface area (Å²) in [6.07, 6.45) is 6.88. The van der Waals surface area contributed by atoms with Gasteiger partial charge in [0.05, 0.1) is 24.9 Å². The lowest BCUT2D eigenvalue weighted by Crippen LogP contribution is -2.47. The van der Waals surface area contributed by atoms with Crippen molar-refractivity contribution in [3.63, 3.8) is 0 Å². The fourth-order valence-electron chi connectivity index (χ4n) is 3.29. The molecule has 0 aliphatic carbocycles. The molecule has 8 heteroatoms. The number of hydrogen-bond acceptors (Lipinski definition) is 7. The molecule has 122 valence electrons. The first-order chi connectivity index (χ1) is 11.3. The van der Waals surface area contributed by atoms with Gasteiger partial charge >= 0.3 is 5.97 Å². The average molecular weight is 316 g/mol. The highest BCUT2D eigenvalue weighted by molar-refractivity contribution is 5.74. The van der Waals surface area contributed by atoms with Gasteiger partial charge in [0.1, 0.15) is 6.33 Å². The maximum absolute atomic E-state index is 11.5. The monoisotopic (exact) mass is 316 g/mol. The number of anilines is 1. The maximum Gasteiger partial charge on any atom is 0.309 e. The van der Waals surface area contributed by atoms with Gasteiger partial charge in [0.2, 0.25) is 0 Å². The second-order valence-corrected chi connectivity index (χ2v) is 6.07. The molecule has 23 heavy (non-hydrogen) atoms. The van der Waals surface area contributed by atoms with Gasteiger partial charge in [-0.3, -0.25) is 14.7 Å². The highest BCUT2D eigenvalue weighted by Gasteiger charge is 2.27. The highest BCUT2D eigenvalue weighted by Crippen LogP contribution is 2.20. The molecule has 2 fully saturated rings. The van der Waals surface area contributed by atoms with E-state index < -0.39 is 0 Å². The number of aromatic nitrogens is 4. The Morgan fingerprint density at radius 1 is 1.22 bits per heavy atom. The Kier molecular flexibility index (Phi) is 3.82. The molecule has 2 aromatic rings. The lowest BCUT2D eigenvalue weighted by molar-refractivity contribution is -0.141. The number of cyclic esters (lactones) is 1. The molecule has 0 saturated carbocycles. The number of carbonyl (C=O) groups is 1. The summed E-state index contributed by atoms with van der Waals surface area (Å²) in [6.45, 7) is 5.36. The molecule has 4 heterocycles. The zero-order valence-corrected chi connectivity index (χ0v) is 13.0. The van der Waals surface area contributed by atoms with Crippen LogP contribution in [0.2, 0.25) is 0 Å². The van der Waals surface area contributed by atoms with E-state index in [1.807, 2.05) is 10.7 Å². The van der Waals surface area contributed by atoms with Crippen LogP contribution >= 0.6 is 0 Å².